The van der Waals surface area contributed by atoms with Crippen LogP contribution < -0.4 is 5.73 Å². The molecule has 0 aliphatic heterocycles. The van der Waals surface area contributed by atoms with Crippen LogP contribution in [0.2, 0.25) is 0 Å². The lowest BCUT2D eigenvalue weighted by atomic mass is 9.93. The third-order valence-corrected chi connectivity index (χ3v) is 4.87. The van der Waals surface area contributed by atoms with Crippen molar-refractivity contribution < 1.29 is 5.11 Å². The second-order valence-corrected chi connectivity index (χ2v) is 8.11. The van der Waals surface area contributed by atoms with Crippen LogP contribution in [-0.2, 0) is 13.0 Å². The van der Waals surface area contributed by atoms with Crippen molar-refractivity contribution >= 4 is 0 Å². The molecule has 1 atom stereocenters. The van der Waals surface area contributed by atoms with Gasteiger partial charge in [-0.25, -0.2) is 4.98 Å². The lowest BCUT2D eigenvalue weighted by Crippen LogP contribution is -2.18. The van der Waals surface area contributed by atoms with Gasteiger partial charge >= 0.3 is 0 Å². The third kappa shape index (κ3) is 6.58. The summed E-state index contributed by atoms with van der Waals surface area (Å²) in [6, 6.07) is 10.4. The molecule has 2 rings (SSSR count). The number of nitrogens with two attached hydrogens (primary N) is 1. The molecule has 0 aliphatic carbocycles. The van der Waals surface area contributed by atoms with E-state index in [-0.39, 0.29) is 0 Å². The van der Waals surface area contributed by atoms with Crippen LogP contribution in [0.1, 0.15) is 58.6 Å². The van der Waals surface area contributed by atoms with E-state index in [4.69, 9.17) is 10.7 Å². The highest BCUT2D eigenvalue weighted by atomic mass is 16.3. The second kappa shape index (κ2) is 9.89. The van der Waals surface area contributed by atoms with Gasteiger partial charge in [-0.1, -0.05) is 50.1 Å². The van der Waals surface area contributed by atoms with Crippen LogP contribution in [0.5, 0.6) is 0 Å². The maximum absolute atomic E-state index is 9.92. The highest BCUT2D eigenvalue weighted by molar-refractivity contribution is 5.61. The molecule has 1 aromatic heterocycles. The SMILES string of the molecule is CC(CCCC(C)(C)O)Cc1c(-c2ccccc2)ncn1CCCCN. The molecule has 2 aromatic rings. The Bertz CT molecular complexity index is 643. The highest BCUT2D eigenvalue weighted by Gasteiger charge is 2.17. The summed E-state index contributed by atoms with van der Waals surface area (Å²) in [5.41, 5.74) is 8.69. The normalized spacial score (nSPS) is 13.1. The monoisotopic (exact) mass is 357 g/mol. The summed E-state index contributed by atoms with van der Waals surface area (Å²) in [6.07, 6.45) is 8.13. The summed E-state index contributed by atoms with van der Waals surface area (Å²) < 4.78 is 2.31. The Labute approximate surface area is 158 Å². The van der Waals surface area contributed by atoms with Crippen molar-refractivity contribution in [2.24, 2.45) is 11.7 Å². The average Bonchev–Trinajstić information content (AvgIpc) is 2.97. The van der Waals surface area contributed by atoms with Crippen LogP contribution in [-0.4, -0.2) is 26.8 Å². The number of hydrogen-bond donors (Lipinski definition) is 2. The molecule has 26 heavy (non-hydrogen) atoms. The van der Waals surface area contributed by atoms with Crippen LogP contribution in [0.3, 0.4) is 0 Å². The molecule has 1 unspecified atom stereocenters. The summed E-state index contributed by atoms with van der Waals surface area (Å²) in [7, 11) is 0. The largest absolute Gasteiger partial charge is 0.390 e. The van der Waals surface area contributed by atoms with Gasteiger partial charge in [-0.15, -0.1) is 0 Å². The van der Waals surface area contributed by atoms with E-state index in [2.05, 4.69) is 35.8 Å². The van der Waals surface area contributed by atoms with Crippen LogP contribution in [0.15, 0.2) is 36.7 Å². The molecule has 0 saturated heterocycles. The minimum absolute atomic E-state index is 0.560. The van der Waals surface area contributed by atoms with Gasteiger partial charge < -0.3 is 15.4 Å². The highest BCUT2D eigenvalue weighted by Crippen LogP contribution is 2.27. The zero-order valence-corrected chi connectivity index (χ0v) is 16.6. The van der Waals surface area contributed by atoms with Crippen molar-refractivity contribution in [1.29, 1.82) is 0 Å². The Balaban J connectivity index is 2.11. The van der Waals surface area contributed by atoms with E-state index in [0.717, 1.165) is 57.3 Å². The van der Waals surface area contributed by atoms with Crippen molar-refractivity contribution in [3.05, 3.63) is 42.4 Å². The molecule has 0 amide bonds. The van der Waals surface area contributed by atoms with Gasteiger partial charge in [0.2, 0.25) is 0 Å². The van der Waals surface area contributed by atoms with Crippen molar-refractivity contribution in [2.75, 3.05) is 6.54 Å². The predicted molar refractivity (Wildman–Crippen MR) is 109 cm³/mol. The number of aliphatic hydroxyl groups is 1. The molecule has 4 nitrogen and oxygen atoms in total. The Kier molecular flexibility index (Phi) is 7.85. The number of benzene rings is 1. The molecule has 4 heteroatoms. The van der Waals surface area contributed by atoms with E-state index in [1.54, 1.807) is 0 Å². The first kappa shape index (κ1) is 20.7. The van der Waals surface area contributed by atoms with Gasteiger partial charge in [-0.3, -0.25) is 0 Å². The second-order valence-electron chi connectivity index (χ2n) is 8.11. The van der Waals surface area contributed by atoms with E-state index in [1.807, 2.05) is 26.2 Å². The maximum Gasteiger partial charge on any atom is 0.0956 e. The number of aryl methyl sites for hydroxylation is 1. The molecule has 1 heterocycles. The van der Waals surface area contributed by atoms with Gasteiger partial charge in [0.25, 0.3) is 0 Å². The number of rotatable bonds is 11. The molecule has 0 aliphatic rings. The quantitative estimate of drug-likeness (QED) is 0.586. The van der Waals surface area contributed by atoms with Crippen LogP contribution in [0.25, 0.3) is 11.3 Å². The van der Waals surface area contributed by atoms with Crippen LogP contribution in [0, 0.1) is 5.92 Å². The van der Waals surface area contributed by atoms with E-state index in [9.17, 15) is 5.11 Å². The van der Waals surface area contributed by atoms with Crippen LogP contribution in [0.4, 0.5) is 0 Å². The van der Waals surface area contributed by atoms with E-state index in [0.29, 0.717) is 5.92 Å². The van der Waals surface area contributed by atoms with Gasteiger partial charge in [0.15, 0.2) is 0 Å². The number of hydrogen-bond acceptors (Lipinski definition) is 3. The molecular weight excluding hydrogens is 322 g/mol. The summed E-state index contributed by atoms with van der Waals surface area (Å²) in [5, 5.41) is 9.92. The van der Waals surface area contributed by atoms with Gasteiger partial charge in [-0.05, 0) is 52.0 Å². The summed E-state index contributed by atoms with van der Waals surface area (Å²) in [4.78, 5) is 4.73. The lowest BCUT2D eigenvalue weighted by molar-refractivity contribution is 0.0670. The van der Waals surface area contributed by atoms with E-state index < -0.39 is 5.60 Å². The molecule has 0 spiro atoms. The van der Waals surface area contributed by atoms with Crippen molar-refractivity contribution in [2.45, 2.75) is 71.4 Å². The topological polar surface area (TPSA) is 64.1 Å². The fourth-order valence-electron chi connectivity index (χ4n) is 3.39. The molecule has 3 N–H and O–H groups in total. The van der Waals surface area contributed by atoms with Gasteiger partial charge in [-0.2, -0.15) is 0 Å². The molecule has 0 saturated carbocycles. The van der Waals surface area contributed by atoms with Crippen LogP contribution >= 0.6 is 0 Å². The van der Waals surface area contributed by atoms with Crippen molar-refractivity contribution in [3.8, 4) is 11.3 Å². The third-order valence-electron chi connectivity index (χ3n) is 4.87. The number of unbranched alkanes of at least 4 members (excludes halogenated alkanes) is 1. The first-order chi connectivity index (χ1) is 12.4. The molecule has 0 fully saturated rings. The first-order valence-corrected chi connectivity index (χ1v) is 9.92. The van der Waals surface area contributed by atoms with E-state index >= 15 is 0 Å². The summed E-state index contributed by atoms with van der Waals surface area (Å²) >= 11 is 0. The van der Waals surface area contributed by atoms with Gasteiger partial charge in [0.1, 0.15) is 0 Å². The first-order valence-electron chi connectivity index (χ1n) is 9.92. The maximum atomic E-state index is 9.92. The Morgan fingerprint density at radius 1 is 1.15 bits per heavy atom. The number of aromatic nitrogens is 2. The predicted octanol–water partition coefficient (Wildman–Crippen LogP) is 4.41. The van der Waals surface area contributed by atoms with Crippen molar-refractivity contribution in [1.82, 2.24) is 9.55 Å². The van der Waals surface area contributed by atoms with E-state index in [1.165, 1.54) is 11.3 Å². The molecule has 0 radical (unpaired) electrons. The average molecular weight is 358 g/mol. The number of imidazole rings is 1. The molecule has 1 aromatic carbocycles. The minimum atomic E-state index is -0.571. The number of nitrogens with zero attached hydrogens (tertiary/aromatic N) is 2. The van der Waals surface area contributed by atoms with Crippen molar-refractivity contribution in [3.63, 3.8) is 0 Å². The Morgan fingerprint density at radius 3 is 2.54 bits per heavy atom. The molecule has 0 bridgehead atoms. The Morgan fingerprint density at radius 2 is 1.88 bits per heavy atom. The van der Waals surface area contributed by atoms with Gasteiger partial charge in [0.05, 0.1) is 17.6 Å². The standard InChI is InChI=1S/C22H35N3O/c1-18(10-9-13-22(2,3)26)16-20-21(19-11-5-4-6-12-19)24-17-25(20)15-8-7-14-23/h4-6,11-12,17-18,26H,7-10,13-16,23H2,1-3H3. The zero-order chi connectivity index (χ0) is 19.0. The molecular formula is C22H35N3O. The van der Waals surface area contributed by atoms with Gasteiger partial charge in [0, 0.05) is 17.8 Å². The lowest BCUT2D eigenvalue weighted by Gasteiger charge is -2.19. The Hall–Kier alpha value is -1.65. The summed E-state index contributed by atoms with van der Waals surface area (Å²) in [6.45, 7) is 7.79. The minimum Gasteiger partial charge on any atom is -0.390 e. The fraction of sp³-hybridized carbons (Fsp3) is 0.591. The molecule has 144 valence electrons. The smallest absolute Gasteiger partial charge is 0.0956 e. The fourth-order valence-corrected chi connectivity index (χ4v) is 3.39. The zero-order valence-electron chi connectivity index (χ0n) is 16.6. The summed E-state index contributed by atoms with van der Waals surface area (Å²) in [5.74, 6) is 0.560.